The van der Waals surface area contributed by atoms with Crippen LogP contribution in [0, 0.1) is 6.92 Å². The van der Waals surface area contributed by atoms with Gasteiger partial charge in [0.25, 0.3) is 11.8 Å². The van der Waals surface area contributed by atoms with Gasteiger partial charge in [-0.15, -0.1) is 0 Å². The van der Waals surface area contributed by atoms with Crippen molar-refractivity contribution < 1.29 is 22.8 Å². The summed E-state index contributed by atoms with van der Waals surface area (Å²) in [6.45, 7) is 1.66. The summed E-state index contributed by atoms with van der Waals surface area (Å²) in [6, 6.07) is 20.7. The van der Waals surface area contributed by atoms with Crippen LogP contribution in [0.15, 0.2) is 84.9 Å². The fourth-order valence-corrected chi connectivity index (χ4v) is 3.81. The number of rotatable bonds is 5. The number of hydrogen-bond acceptors (Lipinski definition) is 4. The van der Waals surface area contributed by atoms with Gasteiger partial charge in [-0.2, -0.15) is 13.2 Å². The number of anilines is 4. The Labute approximate surface area is 211 Å². The first-order valence-corrected chi connectivity index (χ1v) is 11.2. The van der Waals surface area contributed by atoms with Crippen LogP contribution >= 0.6 is 0 Å². The van der Waals surface area contributed by atoms with Gasteiger partial charge in [-0.05, 0) is 96.4 Å². The summed E-state index contributed by atoms with van der Waals surface area (Å²) in [5.41, 5.74) is 13.3. The largest absolute Gasteiger partial charge is 0.417 e. The fourth-order valence-electron chi connectivity index (χ4n) is 3.81. The van der Waals surface area contributed by atoms with E-state index in [0.29, 0.717) is 33.8 Å². The van der Waals surface area contributed by atoms with Crippen molar-refractivity contribution in [2.75, 3.05) is 22.1 Å². The van der Waals surface area contributed by atoms with Crippen LogP contribution in [0.5, 0.6) is 0 Å². The number of aryl methyl sites for hydroxylation is 1. The molecule has 4 rings (SSSR count). The number of benzene rings is 4. The molecule has 2 amide bonds. The predicted octanol–water partition coefficient (Wildman–Crippen LogP) is 6.35. The Hall–Kier alpha value is -4.79. The second-order valence-corrected chi connectivity index (χ2v) is 8.44. The van der Waals surface area contributed by atoms with Gasteiger partial charge >= 0.3 is 6.18 Å². The molecule has 0 aliphatic rings. The highest BCUT2D eigenvalue weighted by molar-refractivity contribution is 6.05. The third-order valence-electron chi connectivity index (χ3n) is 5.70. The average Bonchev–Trinajstić information content (AvgIpc) is 2.84. The highest BCUT2D eigenvalue weighted by Gasteiger charge is 2.34. The lowest BCUT2D eigenvalue weighted by Gasteiger charge is -2.17. The van der Waals surface area contributed by atoms with Gasteiger partial charge in [0.05, 0.1) is 5.56 Å². The van der Waals surface area contributed by atoms with Crippen molar-refractivity contribution in [2.45, 2.75) is 13.1 Å². The first-order valence-electron chi connectivity index (χ1n) is 11.2. The number of nitrogens with two attached hydrogens (primary N) is 2. The van der Waals surface area contributed by atoms with Crippen molar-refractivity contribution in [1.82, 2.24) is 0 Å². The van der Waals surface area contributed by atoms with Gasteiger partial charge in [0.2, 0.25) is 0 Å². The maximum absolute atomic E-state index is 14.0. The van der Waals surface area contributed by atoms with Gasteiger partial charge < -0.3 is 22.1 Å². The molecule has 0 unspecified atom stereocenters. The highest BCUT2D eigenvalue weighted by Crippen LogP contribution is 2.40. The van der Waals surface area contributed by atoms with Crippen molar-refractivity contribution >= 4 is 34.6 Å². The van der Waals surface area contributed by atoms with Crippen molar-refractivity contribution in [3.8, 4) is 11.1 Å². The van der Waals surface area contributed by atoms with Crippen LogP contribution in [0.4, 0.5) is 35.9 Å². The summed E-state index contributed by atoms with van der Waals surface area (Å²) in [4.78, 5) is 24.9. The maximum atomic E-state index is 14.0. The molecule has 188 valence electrons. The van der Waals surface area contributed by atoms with E-state index in [-0.39, 0.29) is 22.7 Å². The van der Waals surface area contributed by atoms with Crippen LogP contribution in [0.25, 0.3) is 11.1 Å². The van der Waals surface area contributed by atoms with Gasteiger partial charge in [0, 0.05) is 33.9 Å². The first kappa shape index (κ1) is 25.3. The molecular weight excluding hydrogens is 481 g/mol. The highest BCUT2D eigenvalue weighted by atomic mass is 19.4. The molecule has 0 aliphatic carbocycles. The molecule has 6 nitrogen and oxygen atoms in total. The van der Waals surface area contributed by atoms with Gasteiger partial charge in [-0.1, -0.05) is 12.1 Å². The number of nitrogens with one attached hydrogen (secondary N) is 2. The normalized spacial score (nSPS) is 11.1. The molecule has 0 heterocycles. The maximum Gasteiger partial charge on any atom is 0.417 e. The zero-order chi connectivity index (χ0) is 26.7. The molecule has 37 heavy (non-hydrogen) atoms. The average molecular weight is 505 g/mol. The number of carbonyl (C=O) groups is 2. The summed E-state index contributed by atoms with van der Waals surface area (Å²) in [6.07, 6.45) is -4.67. The smallest absolute Gasteiger partial charge is 0.399 e. The Kier molecular flexibility index (Phi) is 6.88. The molecule has 0 aromatic heterocycles. The molecule has 0 saturated heterocycles. The summed E-state index contributed by atoms with van der Waals surface area (Å²) in [7, 11) is 0. The lowest BCUT2D eigenvalue weighted by atomic mass is 9.94. The molecule has 0 radical (unpaired) electrons. The molecule has 4 aromatic rings. The van der Waals surface area contributed by atoms with E-state index in [4.69, 9.17) is 11.5 Å². The minimum absolute atomic E-state index is 0.00272. The van der Waals surface area contributed by atoms with E-state index in [2.05, 4.69) is 10.6 Å². The van der Waals surface area contributed by atoms with Crippen LogP contribution < -0.4 is 22.1 Å². The lowest BCUT2D eigenvalue weighted by molar-refractivity contribution is -0.137. The van der Waals surface area contributed by atoms with Gasteiger partial charge in [0.1, 0.15) is 0 Å². The molecule has 0 aliphatic heterocycles. The molecule has 6 N–H and O–H groups in total. The van der Waals surface area contributed by atoms with Crippen molar-refractivity contribution in [2.24, 2.45) is 0 Å². The van der Waals surface area contributed by atoms with Gasteiger partial charge in [-0.3, -0.25) is 9.59 Å². The van der Waals surface area contributed by atoms with Crippen LogP contribution in [-0.4, -0.2) is 11.8 Å². The number of hydrogen-bond donors (Lipinski definition) is 4. The van der Waals surface area contributed by atoms with Crippen LogP contribution in [-0.2, 0) is 6.18 Å². The van der Waals surface area contributed by atoms with Crippen molar-refractivity contribution in [3.05, 3.63) is 107 Å². The van der Waals surface area contributed by atoms with Crippen LogP contribution in [0.2, 0.25) is 0 Å². The lowest BCUT2D eigenvalue weighted by Crippen LogP contribution is -2.14. The molecule has 4 aromatic carbocycles. The van der Waals surface area contributed by atoms with Gasteiger partial charge in [-0.25, -0.2) is 0 Å². The zero-order valence-corrected chi connectivity index (χ0v) is 19.7. The summed E-state index contributed by atoms with van der Waals surface area (Å²) in [5, 5.41) is 5.23. The van der Waals surface area contributed by atoms with E-state index in [1.807, 2.05) is 0 Å². The molecule has 0 fully saturated rings. The minimum Gasteiger partial charge on any atom is -0.399 e. The molecule has 0 saturated carbocycles. The van der Waals surface area contributed by atoms with E-state index in [9.17, 15) is 22.8 Å². The molecular formula is C28H23F3N4O2. The standard InChI is InChI=1S/C28H23F3N4O2/c1-16-14-21(34-26(36)17-2-6-19(32)7-3-17)10-12-23(16)24-13-11-22(15-25(24)28(29,30)31)35-27(37)18-4-8-20(33)9-5-18/h2-15H,32-33H2,1H3,(H,34,36)(H,35,37). The monoisotopic (exact) mass is 504 g/mol. The van der Waals surface area contributed by atoms with E-state index >= 15 is 0 Å². The van der Waals surface area contributed by atoms with Crippen LogP contribution in [0.1, 0.15) is 31.8 Å². The number of alkyl halides is 3. The Morgan fingerprint density at radius 1 is 0.649 bits per heavy atom. The molecule has 0 atom stereocenters. The Morgan fingerprint density at radius 2 is 1.08 bits per heavy atom. The summed E-state index contributed by atoms with van der Waals surface area (Å²) in [5.74, 6) is -0.928. The Balaban J connectivity index is 1.60. The SMILES string of the molecule is Cc1cc(NC(=O)c2ccc(N)cc2)ccc1-c1ccc(NC(=O)c2ccc(N)cc2)cc1C(F)(F)F. The van der Waals surface area contributed by atoms with Crippen LogP contribution in [0.3, 0.4) is 0 Å². The molecule has 9 heteroatoms. The summed E-state index contributed by atoms with van der Waals surface area (Å²) < 4.78 is 42.1. The van der Waals surface area contributed by atoms with E-state index < -0.39 is 17.6 Å². The Morgan fingerprint density at radius 3 is 1.51 bits per heavy atom. The number of nitrogen functional groups attached to an aromatic ring is 2. The van der Waals surface area contributed by atoms with Crippen molar-refractivity contribution in [1.29, 1.82) is 0 Å². The Bertz CT molecular complexity index is 1460. The number of amides is 2. The fraction of sp³-hybridized carbons (Fsp3) is 0.0714. The number of halogens is 3. The second-order valence-electron chi connectivity index (χ2n) is 8.44. The number of carbonyl (C=O) groups excluding carboxylic acids is 2. The quantitative estimate of drug-likeness (QED) is 0.237. The van der Waals surface area contributed by atoms with Crippen molar-refractivity contribution in [3.63, 3.8) is 0 Å². The topological polar surface area (TPSA) is 110 Å². The van der Waals surface area contributed by atoms with E-state index in [1.165, 1.54) is 48.5 Å². The predicted molar refractivity (Wildman–Crippen MR) is 139 cm³/mol. The summed E-state index contributed by atoms with van der Waals surface area (Å²) >= 11 is 0. The van der Waals surface area contributed by atoms with E-state index in [0.717, 1.165) is 6.07 Å². The first-order chi connectivity index (χ1) is 17.5. The third kappa shape index (κ3) is 5.90. The third-order valence-corrected chi connectivity index (χ3v) is 5.70. The molecule has 0 spiro atoms. The van der Waals surface area contributed by atoms with E-state index in [1.54, 1.807) is 37.3 Å². The zero-order valence-electron chi connectivity index (χ0n) is 19.7. The molecule has 0 bridgehead atoms. The van der Waals surface area contributed by atoms with Gasteiger partial charge in [0.15, 0.2) is 0 Å². The minimum atomic E-state index is -4.67. The second kappa shape index (κ2) is 10.1.